The maximum absolute atomic E-state index is 13.6. The van der Waals surface area contributed by atoms with Gasteiger partial charge in [-0.05, 0) is 18.6 Å². The van der Waals surface area contributed by atoms with Crippen molar-refractivity contribution in [1.29, 1.82) is 0 Å². The van der Waals surface area contributed by atoms with Crippen LogP contribution in [-0.4, -0.2) is 14.6 Å². The molecular weight excluding hydrogens is 329 g/mol. The number of anilines is 1. The molecule has 0 bridgehead atoms. The van der Waals surface area contributed by atoms with E-state index in [9.17, 15) is 18.0 Å². The van der Waals surface area contributed by atoms with Crippen molar-refractivity contribution in [3.63, 3.8) is 0 Å². The molecule has 0 fully saturated rings. The molecule has 0 aliphatic carbocycles. The summed E-state index contributed by atoms with van der Waals surface area (Å²) in [5.41, 5.74) is -0.205. The fraction of sp³-hybridized carbons (Fsp3) is 0.214. The molecule has 0 radical (unpaired) electrons. The van der Waals surface area contributed by atoms with Crippen LogP contribution >= 0.6 is 11.3 Å². The average Bonchev–Trinajstić information content (AvgIpc) is 2.96. The highest BCUT2D eigenvalue weighted by Crippen LogP contribution is 2.20. The van der Waals surface area contributed by atoms with E-state index in [2.05, 4.69) is 15.4 Å². The maximum Gasteiger partial charge on any atom is 0.275 e. The molecule has 0 aliphatic rings. The van der Waals surface area contributed by atoms with Crippen LogP contribution in [0.1, 0.15) is 17.6 Å². The van der Waals surface area contributed by atoms with E-state index in [1.54, 1.807) is 0 Å². The van der Waals surface area contributed by atoms with Gasteiger partial charge in [-0.25, -0.2) is 18.2 Å². The van der Waals surface area contributed by atoms with E-state index in [0.29, 0.717) is 17.1 Å². The van der Waals surface area contributed by atoms with Gasteiger partial charge in [-0.1, -0.05) is 18.3 Å². The molecule has 0 spiro atoms. The second kappa shape index (κ2) is 5.99. The summed E-state index contributed by atoms with van der Waals surface area (Å²) in [6.07, 6.45) is 0.682. The monoisotopic (exact) mass is 340 g/mol. The fourth-order valence-corrected chi connectivity index (χ4v) is 2.84. The van der Waals surface area contributed by atoms with Crippen LogP contribution in [0.4, 0.5) is 18.9 Å². The number of halogens is 3. The van der Waals surface area contributed by atoms with E-state index in [1.165, 1.54) is 21.9 Å². The molecule has 0 saturated heterocycles. The molecule has 0 atom stereocenters. The van der Waals surface area contributed by atoms with Crippen LogP contribution in [0.5, 0.6) is 0 Å². The van der Waals surface area contributed by atoms with Crippen LogP contribution in [0.15, 0.2) is 23.0 Å². The Hall–Kier alpha value is -2.42. The largest absolute Gasteiger partial charge is 0.377 e. The van der Waals surface area contributed by atoms with Crippen LogP contribution in [0, 0.1) is 17.5 Å². The van der Waals surface area contributed by atoms with Gasteiger partial charge in [0.25, 0.3) is 5.56 Å². The molecule has 0 saturated carbocycles. The van der Waals surface area contributed by atoms with Gasteiger partial charge in [0.15, 0.2) is 17.5 Å². The van der Waals surface area contributed by atoms with Gasteiger partial charge in [0.05, 0.1) is 17.9 Å². The summed E-state index contributed by atoms with van der Waals surface area (Å²) in [5.74, 6) is -4.12. The molecule has 1 aromatic carbocycles. The minimum atomic E-state index is -1.55. The molecule has 1 N–H and O–H groups in total. The zero-order valence-corrected chi connectivity index (χ0v) is 12.8. The first kappa shape index (κ1) is 15.5. The van der Waals surface area contributed by atoms with E-state index in [0.717, 1.165) is 17.1 Å². The minimum absolute atomic E-state index is 0.00685. The highest BCUT2D eigenvalue weighted by Gasteiger charge is 2.14. The SMILES string of the molecule is CCc1nn2c(=O)cc(CNc3ccc(F)c(F)c3F)nc2s1. The van der Waals surface area contributed by atoms with Crippen molar-refractivity contribution in [1.82, 2.24) is 14.6 Å². The van der Waals surface area contributed by atoms with Crippen molar-refractivity contribution >= 4 is 22.0 Å². The topological polar surface area (TPSA) is 59.3 Å². The fourth-order valence-electron chi connectivity index (χ4n) is 1.98. The van der Waals surface area contributed by atoms with Crippen LogP contribution in [0.2, 0.25) is 0 Å². The number of benzene rings is 1. The molecule has 9 heteroatoms. The lowest BCUT2D eigenvalue weighted by atomic mass is 10.2. The molecule has 23 heavy (non-hydrogen) atoms. The van der Waals surface area contributed by atoms with Crippen molar-refractivity contribution in [2.75, 3.05) is 5.32 Å². The number of fused-ring (bicyclic) bond motifs is 1. The molecule has 0 amide bonds. The standard InChI is InChI=1S/C14H11F3N4OS/c1-2-10-20-21-11(22)5-7(19-14(21)23-10)6-18-9-4-3-8(15)12(16)13(9)17/h3-5,18H,2,6H2,1H3. The lowest BCUT2D eigenvalue weighted by Crippen LogP contribution is -2.17. The van der Waals surface area contributed by atoms with Gasteiger partial charge in [0.2, 0.25) is 4.96 Å². The summed E-state index contributed by atoms with van der Waals surface area (Å²) >= 11 is 1.28. The zero-order valence-electron chi connectivity index (χ0n) is 11.9. The Kier molecular flexibility index (Phi) is 4.03. The van der Waals surface area contributed by atoms with E-state index in [1.807, 2.05) is 6.92 Å². The van der Waals surface area contributed by atoms with Crippen molar-refractivity contribution < 1.29 is 13.2 Å². The van der Waals surface area contributed by atoms with Crippen LogP contribution in [-0.2, 0) is 13.0 Å². The molecule has 2 heterocycles. The highest BCUT2D eigenvalue weighted by molar-refractivity contribution is 7.16. The summed E-state index contributed by atoms with van der Waals surface area (Å²) in [6.45, 7) is 1.91. The van der Waals surface area contributed by atoms with Gasteiger partial charge in [0.1, 0.15) is 5.01 Å². The predicted molar refractivity (Wildman–Crippen MR) is 80.2 cm³/mol. The predicted octanol–water partition coefficient (Wildman–Crippen LogP) is 2.74. The minimum Gasteiger partial charge on any atom is -0.377 e. The average molecular weight is 340 g/mol. The Morgan fingerprint density at radius 1 is 1.26 bits per heavy atom. The third kappa shape index (κ3) is 2.91. The Morgan fingerprint density at radius 2 is 2.04 bits per heavy atom. The normalized spacial score (nSPS) is 11.1. The van der Waals surface area contributed by atoms with E-state index < -0.39 is 17.5 Å². The Balaban J connectivity index is 1.87. The van der Waals surface area contributed by atoms with Crippen molar-refractivity contribution in [2.45, 2.75) is 19.9 Å². The molecular formula is C14H11F3N4OS. The first-order chi connectivity index (χ1) is 11.0. The summed E-state index contributed by atoms with van der Waals surface area (Å²) in [4.78, 5) is 16.6. The summed E-state index contributed by atoms with van der Waals surface area (Å²) < 4.78 is 40.8. The van der Waals surface area contributed by atoms with Crippen molar-refractivity contribution in [3.8, 4) is 0 Å². The second-order valence-electron chi connectivity index (χ2n) is 4.71. The van der Waals surface area contributed by atoms with Gasteiger partial charge < -0.3 is 5.32 Å². The van der Waals surface area contributed by atoms with Crippen LogP contribution in [0.25, 0.3) is 4.96 Å². The second-order valence-corrected chi connectivity index (χ2v) is 5.75. The number of aryl methyl sites for hydroxylation is 1. The molecule has 0 unspecified atom stereocenters. The van der Waals surface area contributed by atoms with E-state index >= 15 is 0 Å². The third-order valence-corrected chi connectivity index (χ3v) is 4.19. The highest BCUT2D eigenvalue weighted by atomic mass is 32.1. The van der Waals surface area contributed by atoms with Crippen molar-refractivity contribution in [2.24, 2.45) is 0 Å². The number of hydrogen-bond donors (Lipinski definition) is 1. The quantitative estimate of drug-likeness (QED) is 0.742. The van der Waals surface area contributed by atoms with Gasteiger partial charge in [-0.15, -0.1) is 0 Å². The summed E-state index contributed by atoms with van der Waals surface area (Å²) in [5, 5.41) is 7.49. The molecule has 0 aliphatic heterocycles. The van der Waals surface area contributed by atoms with Gasteiger partial charge in [-0.3, -0.25) is 4.79 Å². The molecule has 2 aromatic heterocycles. The van der Waals surface area contributed by atoms with Gasteiger partial charge in [0, 0.05) is 6.07 Å². The molecule has 120 valence electrons. The van der Waals surface area contributed by atoms with Gasteiger partial charge >= 0.3 is 0 Å². The first-order valence-corrected chi connectivity index (χ1v) is 7.57. The van der Waals surface area contributed by atoms with E-state index in [4.69, 9.17) is 0 Å². The number of nitrogens with one attached hydrogen (secondary N) is 1. The van der Waals surface area contributed by atoms with Crippen molar-refractivity contribution in [3.05, 3.63) is 56.7 Å². The lowest BCUT2D eigenvalue weighted by Gasteiger charge is -2.07. The third-order valence-electron chi connectivity index (χ3n) is 3.14. The Bertz CT molecular complexity index is 938. The van der Waals surface area contributed by atoms with Crippen LogP contribution in [0.3, 0.4) is 0 Å². The molecule has 3 aromatic rings. The summed E-state index contributed by atoms with van der Waals surface area (Å²) in [6, 6.07) is 3.17. The lowest BCUT2D eigenvalue weighted by molar-refractivity contribution is 0.449. The number of rotatable bonds is 4. The van der Waals surface area contributed by atoms with Crippen LogP contribution < -0.4 is 10.9 Å². The smallest absolute Gasteiger partial charge is 0.275 e. The first-order valence-electron chi connectivity index (χ1n) is 6.75. The zero-order chi connectivity index (χ0) is 16.6. The Morgan fingerprint density at radius 3 is 2.78 bits per heavy atom. The summed E-state index contributed by atoms with van der Waals surface area (Å²) in [7, 11) is 0. The number of nitrogens with zero attached hydrogens (tertiary/aromatic N) is 3. The molecule has 5 nitrogen and oxygen atoms in total. The van der Waals surface area contributed by atoms with Gasteiger partial charge in [-0.2, -0.15) is 9.61 Å². The Labute approximate surface area is 132 Å². The number of hydrogen-bond acceptors (Lipinski definition) is 5. The van der Waals surface area contributed by atoms with E-state index in [-0.39, 0.29) is 17.8 Å². The maximum atomic E-state index is 13.6. The number of aromatic nitrogens is 3. The molecule has 3 rings (SSSR count).